The maximum Gasteiger partial charge on any atom is 0.250 e. The van der Waals surface area contributed by atoms with E-state index in [9.17, 15) is 9.90 Å². The molecule has 1 saturated heterocycles. The molecule has 3 heterocycles. The molecule has 1 aliphatic rings. The molecule has 2 aromatic heterocycles. The lowest BCUT2D eigenvalue weighted by atomic mass is 10.1. The van der Waals surface area contributed by atoms with Gasteiger partial charge in [-0.3, -0.25) is 9.36 Å². The largest absolute Gasteiger partial charge is 0.497 e. The maximum absolute atomic E-state index is 12.1. The van der Waals surface area contributed by atoms with Crippen LogP contribution in [0.25, 0.3) is 11.2 Å². The van der Waals surface area contributed by atoms with Crippen molar-refractivity contribution in [3.05, 3.63) is 71.3 Å². The zero-order chi connectivity index (χ0) is 27.5. The molecule has 4 atom stereocenters. The van der Waals surface area contributed by atoms with Crippen molar-refractivity contribution in [2.45, 2.75) is 37.6 Å². The second kappa shape index (κ2) is 11.4. The van der Waals surface area contributed by atoms with Gasteiger partial charge in [-0.25, -0.2) is 15.0 Å². The summed E-state index contributed by atoms with van der Waals surface area (Å²) >= 11 is 6.28. The van der Waals surface area contributed by atoms with E-state index in [4.69, 9.17) is 31.5 Å². The molecule has 5 N–H and O–H groups in total. The van der Waals surface area contributed by atoms with Crippen molar-refractivity contribution in [2.24, 2.45) is 5.73 Å². The smallest absolute Gasteiger partial charge is 0.250 e. The van der Waals surface area contributed by atoms with Crippen molar-refractivity contribution >= 4 is 34.5 Å². The van der Waals surface area contributed by atoms with Gasteiger partial charge in [0.05, 0.1) is 19.5 Å². The molecule has 1 aliphatic heterocycles. The summed E-state index contributed by atoms with van der Waals surface area (Å²) in [6, 6.07) is 12.1. The van der Waals surface area contributed by atoms with Crippen LogP contribution in [0.1, 0.15) is 17.4 Å². The van der Waals surface area contributed by atoms with E-state index in [-0.39, 0.29) is 0 Å². The third-order valence-electron chi connectivity index (χ3n) is 6.46. The SMILES string of the molecule is CNC(=O)[C@H]1O[C@@H](n2cnc3c(NCc4cc(Cl)ccc4OCc4cccc(OC)c4)ncnc32)[C@H](O)[C@@H]1N. The Kier molecular flexibility index (Phi) is 7.79. The number of nitrogens with two attached hydrogens (primary N) is 1. The molecule has 0 saturated carbocycles. The number of hydrogen-bond donors (Lipinski definition) is 4. The van der Waals surface area contributed by atoms with Gasteiger partial charge in [-0.2, -0.15) is 0 Å². The number of aliphatic hydroxyl groups is 1. The molecular weight excluding hydrogens is 526 g/mol. The Bertz CT molecular complexity index is 1480. The second-order valence-electron chi connectivity index (χ2n) is 8.92. The number of rotatable bonds is 9. The van der Waals surface area contributed by atoms with Gasteiger partial charge in [0, 0.05) is 24.2 Å². The highest BCUT2D eigenvalue weighted by Gasteiger charge is 2.46. The average Bonchev–Trinajstić information content (AvgIpc) is 3.51. The van der Waals surface area contributed by atoms with Gasteiger partial charge in [-0.1, -0.05) is 23.7 Å². The lowest BCUT2D eigenvalue weighted by Gasteiger charge is -2.17. The number of halogens is 1. The molecule has 13 heteroatoms. The minimum atomic E-state index is -1.15. The predicted octanol–water partition coefficient (Wildman–Crippen LogP) is 2.01. The molecule has 2 aromatic carbocycles. The standard InChI is InChI=1S/C26H28ClN7O5/c1-29-25(36)22-19(28)21(35)26(39-22)34-13-33-20-23(31-12-32-24(20)34)30-10-15-9-16(27)6-7-18(15)38-11-14-4-3-5-17(8-14)37-2/h3-9,12-13,19,21-22,26,35H,10-11,28H2,1-2H3,(H,29,36)(H,30,31,32)/t19-,21+,22-,26+/m0/s1. The molecule has 39 heavy (non-hydrogen) atoms. The number of carbonyl (C=O) groups is 1. The van der Waals surface area contributed by atoms with Crippen LogP contribution >= 0.6 is 11.6 Å². The summed E-state index contributed by atoms with van der Waals surface area (Å²) in [6.45, 7) is 0.677. The zero-order valence-electron chi connectivity index (χ0n) is 21.2. The van der Waals surface area contributed by atoms with Crippen LogP contribution in [-0.2, 0) is 22.7 Å². The fraction of sp³-hybridized carbons (Fsp3) is 0.308. The van der Waals surface area contributed by atoms with E-state index < -0.39 is 30.4 Å². The monoisotopic (exact) mass is 553 g/mol. The van der Waals surface area contributed by atoms with Crippen LogP contribution in [0.15, 0.2) is 55.1 Å². The molecule has 0 radical (unpaired) electrons. The summed E-state index contributed by atoms with van der Waals surface area (Å²) in [5.74, 6) is 1.44. The molecule has 12 nitrogen and oxygen atoms in total. The van der Waals surface area contributed by atoms with Gasteiger partial charge < -0.3 is 35.7 Å². The van der Waals surface area contributed by atoms with Crippen molar-refractivity contribution in [3.8, 4) is 11.5 Å². The predicted molar refractivity (Wildman–Crippen MR) is 143 cm³/mol. The van der Waals surface area contributed by atoms with Crippen LogP contribution in [0.4, 0.5) is 5.82 Å². The van der Waals surface area contributed by atoms with Crippen molar-refractivity contribution in [2.75, 3.05) is 19.5 Å². The van der Waals surface area contributed by atoms with Crippen molar-refractivity contribution < 1.29 is 24.1 Å². The Morgan fingerprint density at radius 2 is 2.08 bits per heavy atom. The number of aromatic nitrogens is 4. The van der Waals surface area contributed by atoms with Crippen LogP contribution in [0, 0.1) is 0 Å². The first kappa shape index (κ1) is 26.6. The fourth-order valence-electron chi connectivity index (χ4n) is 4.40. The normalized spacial score (nSPS) is 20.6. The van der Waals surface area contributed by atoms with E-state index in [1.807, 2.05) is 36.4 Å². The Labute approximate surface area is 229 Å². The number of anilines is 1. The summed E-state index contributed by atoms with van der Waals surface area (Å²) in [4.78, 5) is 25.2. The Hall–Kier alpha value is -3.97. The molecule has 0 unspecified atom stereocenters. The first-order valence-electron chi connectivity index (χ1n) is 12.2. The molecule has 0 spiro atoms. The number of hydrogen-bond acceptors (Lipinski definition) is 10. The lowest BCUT2D eigenvalue weighted by Crippen LogP contribution is -2.46. The molecule has 1 fully saturated rings. The molecule has 4 aromatic rings. The number of ether oxygens (including phenoxy) is 3. The summed E-state index contributed by atoms with van der Waals surface area (Å²) in [5, 5.41) is 17.0. The van der Waals surface area contributed by atoms with Gasteiger partial charge in [-0.05, 0) is 35.9 Å². The number of amides is 1. The van der Waals surface area contributed by atoms with Crippen molar-refractivity contribution in [3.63, 3.8) is 0 Å². The number of nitrogens with zero attached hydrogens (tertiary/aromatic N) is 4. The molecular formula is C26H28ClN7O5. The Morgan fingerprint density at radius 3 is 2.87 bits per heavy atom. The summed E-state index contributed by atoms with van der Waals surface area (Å²) in [5.41, 5.74) is 8.67. The van der Waals surface area contributed by atoms with E-state index in [2.05, 4.69) is 25.6 Å². The van der Waals surface area contributed by atoms with Gasteiger partial charge in [0.2, 0.25) is 0 Å². The summed E-state index contributed by atoms with van der Waals surface area (Å²) in [6.07, 6.45) is -0.255. The molecule has 5 rings (SSSR count). The number of likely N-dealkylation sites (N-methyl/N-ethyl adjacent to an activating group) is 1. The highest BCUT2D eigenvalue weighted by molar-refractivity contribution is 6.30. The summed E-state index contributed by atoms with van der Waals surface area (Å²) < 4.78 is 18.7. The third-order valence-corrected chi connectivity index (χ3v) is 6.69. The van der Waals surface area contributed by atoms with Crippen LogP contribution in [0.3, 0.4) is 0 Å². The minimum Gasteiger partial charge on any atom is -0.497 e. The maximum atomic E-state index is 12.1. The Balaban J connectivity index is 1.34. The third kappa shape index (κ3) is 5.45. The molecule has 0 aliphatic carbocycles. The van der Waals surface area contributed by atoms with E-state index in [1.165, 1.54) is 24.3 Å². The van der Waals surface area contributed by atoms with E-state index >= 15 is 0 Å². The topological polar surface area (TPSA) is 159 Å². The van der Waals surface area contributed by atoms with Crippen LogP contribution in [0.2, 0.25) is 5.02 Å². The zero-order valence-corrected chi connectivity index (χ0v) is 22.0. The first-order valence-corrected chi connectivity index (χ1v) is 12.5. The van der Waals surface area contributed by atoms with Crippen molar-refractivity contribution in [1.29, 1.82) is 0 Å². The summed E-state index contributed by atoms with van der Waals surface area (Å²) in [7, 11) is 3.10. The minimum absolute atomic E-state index is 0.332. The van der Waals surface area contributed by atoms with Gasteiger partial charge in [-0.15, -0.1) is 0 Å². The number of methoxy groups -OCH3 is 1. The van der Waals surface area contributed by atoms with E-state index in [1.54, 1.807) is 13.2 Å². The van der Waals surface area contributed by atoms with E-state index in [0.29, 0.717) is 40.9 Å². The number of aliphatic hydroxyl groups excluding tert-OH is 1. The fourth-order valence-corrected chi connectivity index (χ4v) is 4.59. The van der Waals surface area contributed by atoms with Gasteiger partial charge >= 0.3 is 0 Å². The van der Waals surface area contributed by atoms with Crippen molar-refractivity contribution in [1.82, 2.24) is 24.8 Å². The number of fused-ring (bicyclic) bond motifs is 1. The van der Waals surface area contributed by atoms with Crippen LogP contribution in [0.5, 0.6) is 11.5 Å². The van der Waals surface area contributed by atoms with E-state index in [0.717, 1.165) is 16.9 Å². The van der Waals surface area contributed by atoms with Crippen LogP contribution < -0.4 is 25.8 Å². The number of carbonyl (C=O) groups excluding carboxylic acids is 1. The molecule has 0 bridgehead atoms. The number of imidazole rings is 1. The lowest BCUT2D eigenvalue weighted by molar-refractivity contribution is -0.134. The van der Waals surface area contributed by atoms with Crippen LogP contribution in [-0.4, -0.2) is 62.9 Å². The van der Waals surface area contributed by atoms with Gasteiger partial charge in [0.15, 0.2) is 29.3 Å². The van der Waals surface area contributed by atoms with Gasteiger partial charge in [0.25, 0.3) is 5.91 Å². The number of benzene rings is 2. The molecule has 1 amide bonds. The molecule has 204 valence electrons. The second-order valence-corrected chi connectivity index (χ2v) is 9.36. The first-order chi connectivity index (χ1) is 18.9. The Morgan fingerprint density at radius 1 is 1.23 bits per heavy atom. The average molecular weight is 554 g/mol. The highest BCUT2D eigenvalue weighted by Crippen LogP contribution is 2.32. The quantitative estimate of drug-likeness (QED) is 0.241. The highest BCUT2D eigenvalue weighted by atomic mass is 35.5. The van der Waals surface area contributed by atoms with Gasteiger partial charge in [0.1, 0.15) is 30.5 Å². The number of nitrogens with one attached hydrogen (secondary N) is 2.